The number of carbonyl (C=O) groups excluding carboxylic acids is 1. The zero-order chi connectivity index (χ0) is 14.2. The Hall–Kier alpha value is -0.770. The van der Waals surface area contributed by atoms with Crippen LogP contribution in [0.25, 0.3) is 0 Å². The molecule has 108 valence electrons. The molecule has 0 aliphatic heterocycles. The molecule has 0 bridgehead atoms. The summed E-state index contributed by atoms with van der Waals surface area (Å²) in [6.45, 7) is 14.2. The highest BCUT2D eigenvalue weighted by Gasteiger charge is 2.20. The van der Waals surface area contributed by atoms with E-state index in [2.05, 4.69) is 19.2 Å². The van der Waals surface area contributed by atoms with E-state index in [-0.39, 0.29) is 6.09 Å². The monoisotopic (exact) mass is 258 g/mol. The lowest BCUT2D eigenvalue weighted by molar-refractivity contribution is 0.0261. The molecule has 1 unspecified atom stereocenters. The third kappa shape index (κ3) is 8.34. The number of hydrogen-bond acceptors (Lipinski definition) is 3. The van der Waals surface area contributed by atoms with Gasteiger partial charge in [0.05, 0.1) is 0 Å². The molecule has 4 heteroatoms. The summed E-state index contributed by atoms with van der Waals surface area (Å²) in [6, 6.07) is 0.507. The fourth-order valence-electron chi connectivity index (χ4n) is 1.69. The molecule has 0 spiro atoms. The maximum absolute atomic E-state index is 11.9. The van der Waals surface area contributed by atoms with Gasteiger partial charge in [-0.1, -0.05) is 13.3 Å². The van der Waals surface area contributed by atoms with Crippen LogP contribution in [-0.4, -0.2) is 42.3 Å². The van der Waals surface area contributed by atoms with Crippen molar-refractivity contribution >= 4 is 6.09 Å². The largest absolute Gasteiger partial charge is 0.444 e. The van der Waals surface area contributed by atoms with Crippen LogP contribution in [0.2, 0.25) is 0 Å². The molecule has 1 atom stereocenters. The number of likely N-dealkylation sites (N-methyl/N-ethyl adjacent to an activating group) is 1. The van der Waals surface area contributed by atoms with Crippen molar-refractivity contribution in [3.05, 3.63) is 0 Å². The molecule has 4 nitrogen and oxygen atoms in total. The molecule has 0 heterocycles. The Kier molecular flexibility index (Phi) is 8.00. The van der Waals surface area contributed by atoms with Crippen LogP contribution in [0.4, 0.5) is 4.79 Å². The van der Waals surface area contributed by atoms with E-state index in [4.69, 9.17) is 4.74 Å². The van der Waals surface area contributed by atoms with Crippen LogP contribution in [-0.2, 0) is 4.74 Å². The molecule has 0 aromatic heterocycles. The summed E-state index contributed by atoms with van der Waals surface area (Å²) in [5.41, 5.74) is -0.423. The molecule has 0 rings (SSSR count). The van der Waals surface area contributed by atoms with Crippen molar-refractivity contribution in [2.75, 3.05) is 19.6 Å². The predicted octanol–water partition coefficient (Wildman–Crippen LogP) is 3.02. The van der Waals surface area contributed by atoms with Crippen LogP contribution >= 0.6 is 0 Å². The third-order valence-corrected chi connectivity index (χ3v) is 2.63. The maximum Gasteiger partial charge on any atom is 0.410 e. The van der Waals surface area contributed by atoms with Crippen molar-refractivity contribution < 1.29 is 9.53 Å². The minimum absolute atomic E-state index is 0.227. The van der Waals surface area contributed by atoms with Gasteiger partial charge in [-0.2, -0.15) is 0 Å². The minimum atomic E-state index is -0.423. The first kappa shape index (κ1) is 17.2. The number of amides is 1. The highest BCUT2D eigenvalue weighted by atomic mass is 16.6. The van der Waals surface area contributed by atoms with E-state index in [1.807, 2.05) is 27.7 Å². The smallest absolute Gasteiger partial charge is 0.410 e. The standard InChI is InChI=1S/C14H30N2O2/c1-7-9-12(3)15-10-11-16(8-2)13(17)18-14(4,5)6/h12,15H,7-11H2,1-6H3. The molecule has 0 aromatic carbocycles. The molecule has 18 heavy (non-hydrogen) atoms. The van der Waals surface area contributed by atoms with Crippen LogP contribution in [0.5, 0.6) is 0 Å². The van der Waals surface area contributed by atoms with Gasteiger partial charge in [0.1, 0.15) is 5.60 Å². The highest BCUT2D eigenvalue weighted by molar-refractivity contribution is 5.68. The Morgan fingerprint density at radius 1 is 1.33 bits per heavy atom. The van der Waals surface area contributed by atoms with Crippen LogP contribution in [0.15, 0.2) is 0 Å². The topological polar surface area (TPSA) is 41.6 Å². The third-order valence-electron chi connectivity index (χ3n) is 2.63. The lowest BCUT2D eigenvalue weighted by Crippen LogP contribution is -2.41. The van der Waals surface area contributed by atoms with Crippen molar-refractivity contribution in [3.8, 4) is 0 Å². The maximum atomic E-state index is 11.9. The fourth-order valence-corrected chi connectivity index (χ4v) is 1.69. The molecule has 0 aromatic rings. The average molecular weight is 258 g/mol. The Labute approximate surface area is 112 Å². The van der Waals surface area contributed by atoms with Crippen molar-refractivity contribution in [2.45, 2.75) is 66.0 Å². The van der Waals surface area contributed by atoms with Gasteiger partial charge in [-0.05, 0) is 41.0 Å². The number of ether oxygens (including phenoxy) is 1. The number of carbonyl (C=O) groups is 1. The van der Waals surface area contributed by atoms with Gasteiger partial charge in [0, 0.05) is 25.7 Å². The van der Waals surface area contributed by atoms with Crippen molar-refractivity contribution in [2.24, 2.45) is 0 Å². The van der Waals surface area contributed by atoms with Crippen LogP contribution in [0.1, 0.15) is 54.4 Å². The Balaban J connectivity index is 4.00. The SMILES string of the molecule is CCCC(C)NCCN(CC)C(=O)OC(C)(C)C. The lowest BCUT2D eigenvalue weighted by Gasteiger charge is -2.27. The highest BCUT2D eigenvalue weighted by Crippen LogP contribution is 2.09. The first-order valence-electron chi connectivity index (χ1n) is 7.01. The van der Waals surface area contributed by atoms with E-state index in [0.29, 0.717) is 19.1 Å². The van der Waals surface area contributed by atoms with Crippen molar-refractivity contribution in [1.82, 2.24) is 10.2 Å². The summed E-state index contributed by atoms with van der Waals surface area (Å²) in [5, 5.41) is 3.42. The van der Waals surface area contributed by atoms with E-state index < -0.39 is 5.60 Å². The molecule has 0 radical (unpaired) electrons. The number of rotatable bonds is 7. The van der Waals surface area contributed by atoms with Gasteiger partial charge in [-0.25, -0.2) is 4.79 Å². The molecule has 0 saturated heterocycles. The summed E-state index contributed by atoms with van der Waals surface area (Å²) in [4.78, 5) is 13.6. The number of nitrogens with zero attached hydrogens (tertiary/aromatic N) is 1. The molecule has 0 fully saturated rings. The number of nitrogens with one attached hydrogen (secondary N) is 1. The first-order valence-corrected chi connectivity index (χ1v) is 7.01. The summed E-state index contributed by atoms with van der Waals surface area (Å²) in [7, 11) is 0. The van der Waals surface area contributed by atoms with E-state index >= 15 is 0 Å². The van der Waals surface area contributed by atoms with Gasteiger partial charge < -0.3 is 15.0 Å². The fraction of sp³-hybridized carbons (Fsp3) is 0.929. The van der Waals surface area contributed by atoms with Crippen LogP contribution in [0.3, 0.4) is 0 Å². The van der Waals surface area contributed by atoms with E-state index in [0.717, 1.165) is 6.54 Å². The summed E-state index contributed by atoms with van der Waals surface area (Å²) in [6.07, 6.45) is 2.12. The number of hydrogen-bond donors (Lipinski definition) is 1. The van der Waals surface area contributed by atoms with Gasteiger partial charge in [0.15, 0.2) is 0 Å². The lowest BCUT2D eigenvalue weighted by atomic mass is 10.2. The first-order chi connectivity index (χ1) is 8.30. The zero-order valence-corrected chi connectivity index (χ0v) is 12.9. The Bertz CT molecular complexity index is 236. The van der Waals surface area contributed by atoms with E-state index in [9.17, 15) is 4.79 Å². The van der Waals surface area contributed by atoms with Crippen LogP contribution in [0, 0.1) is 0 Å². The van der Waals surface area contributed by atoms with Crippen molar-refractivity contribution in [1.29, 1.82) is 0 Å². The minimum Gasteiger partial charge on any atom is -0.444 e. The predicted molar refractivity (Wildman–Crippen MR) is 75.9 cm³/mol. The van der Waals surface area contributed by atoms with Crippen molar-refractivity contribution in [3.63, 3.8) is 0 Å². The molecular formula is C14H30N2O2. The second-order valence-corrected chi connectivity index (χ2v) is 5.70. The summed E-state index contributed by atoms with van der Waals surface area (Å²) < 4.78 is 5.35. The Morgan fingerprint density at radius 2 is 1.94 bits per heavy atom. The average Bonchev–Trinajstić information content (AvgIpc) is 2.22. The quantitative estimate of drug-likeness (QED) is 0.763. The van der Waals surface area contributed by atoms with E-state index in [1.165, 1.54) is 12.8 Å². The Morgan fingerprint density at radius 3 is 2.39 bits per heavy atom. The van der Waals surface area contributed by atoms with Gasteiger partial charge in [0.2, 0.25) is 0 Å². The van der Waals surface area contributed by atoms with E-state index in [1.54, 1.807) is 4.90 Å². The molecular weight excluding hydrogens is 228 g/mol. The molecule has 1 amide bonds. The molecule has 0 saturated carbocycles. The molecule has 0 aliphatic rings. The van der Waals surface area contributed by atoms with Gasteiger partial charge >= 0.3 is 6.09 Å². The molecule has 1 N–H and O–H groups in total. The molecule has 0 aliphatic carbocycles. The van der Waals surface area contributed by atoms with Crippen LogP contribution < -0.4 is 5.32 Å². The second kappa shape index (κ2) is 8.35. The van der Waals surface area contributed by atoms with Gasteiger partial charge in [-0.15, -0.1) is 0 Å². The normalized spacial score (nSPS) is 13.2. The van der Waals surface area contributed by atoms with Gasteiger partial charge in [-0.3, -0.25) is 0 Å². The summed E-state index contributed by atoms with van der Waals surface area (Å²) in [5.74, 6) is 0. The zero-order valence-electron chi connectivity index (χ0n) is 12.9. The second-order valence-electron chi connectivity index (χ2n) is 5.70. The summed E-state index contributed by atoms with van der Waals surface area (Å²) >= 11 is 0. The van der Waals surface area contributed by atoms with Gasteiger partial charge in [0.25, 0.3) is 0 Å².